The summed E-state index contributed by atoms with van der Waals surface area (Å²) >= 11 is 0. The molecule has 0 saturated carbocycles. The summed E-state index contributed by atoms with van der Waals surface area (Å²) in [5.74, 6) is -0.259. The van der Waals surface area contributed by atoms with E-state index in [2.05, 4.69) is 10.2 Å². The third-order valence-electron chi connectivity index (χ3n) is 5.17. The maximum atomic E-state index is 12.4. The summed E-state index contributed by atoms with van der Waals surface area (Å²) in [6, 6.07) is 4.81. The highest BCUT2D eigenvalue weighted by molar-refractivity contribution is 5.95. The molecule has 0 unspecified atom stereocenters. The van der Waals surface area contributed by atoms with Gasteiger partial charge in [-0.05, 0) is 44.4 Å². The second-order valence-electron chi connectivity index (χ2n) is 7.07. The molecule has 3 rings (SSSR count). The van der Waals surface area contributed by atoms with Crippen LogP contribution in [0.25, 0.3) is 0 Å². The van der Waals surface area contributed by atoms with E-state index >= 15 is 0 Å². The fourth-order valence-electron chi connectivity index (χ4n) is 3.64. The molecule has 1 N–H and O–H groups in total. The minimum atomic E-state index is -0.390. The topological polar surface area (TPSA) is 88.0 Å². The zero-order valence-electron chi connectivity index (χ0n) is 15.7. The number of carbonyl (C=O) groups is 1. The predicted octanol–water partition coefficient (Wildman–Crippen LogP) is 2.04. The number of amides is 1. The van der Waals surface area contributed by atoms with E-state index in [9.17, 15) is 14.9 Å². The highest BCUT2D eigenvalue weighted by atomic mass is 16.6. The molecule has 8 nitrogen and oxygen atoms in total. The van der Waals surface area contributed by atoms with Gasteiger partial charge in [0.15, 0.2) is 0 Å². The van der Waals surface area contributed by atoms with Gasteiger partial charge in [0.05, 0.1) is 18.1 Å². The molecule has 0 aromatic heterocycles. The molecule has 148 valence electrons. The van der Waals surface area contributed by atoms with Gasteiger partial charge in [0.1, 0.15) is 5.69 Å². The van der Waals surface area contributed by atoms with Gasteiger partial charge in [0.25, 0.3) is 11.6 Å². The van der Waals surface area contributed by atoms with E-state index in [1.54, 1.807) is 12.1 Å². The van der Waals surface area contributed by atoms with Crippen molar-refractivity contribution in [3.05, 3.63) is 33.9 Å². The van der Waals surface area contributed by atoms with Gasteiger partial charge in [-0.3, -0.25) is 19.8 Å². The van der Waals surface area contributed by atoms with Crippen LogP contribution >= 0.6 is 0 Å². The quantitative estimate of drug-likeness (QED) is 0.445. The van der Waals surface area contributed by atoms with Crippen molar-refractivity contribution >= 4 is 17.3 Å². The number of benzene rings is 1. The van der Waals surface area contributed by atoms with E-state index in [0.29, 0.717) is 17.8 Å². The third-order valence-corrected chi connectivity index (χ3v) is 5.17. The first-order valence-electron chi connectivity index (χ1n) is 9.77. The second-order valence-corrected chi connectivity index (χ2v) is 7.07. The number of hydrogen-bond acceptors (Lipinski definition) is 6. The molecular formula is C19H28N4O4. The lowest BCUT2D eigenvalue weighted by atomic mass is 10.1. The Bertz CT molecular complexity index is 655. The van der Waals surface area contributed by atoms with E-state index in [0.717, 1.165) is 71.6 Å². The molecule has 8 heteroatoms. The predicted molar refractivity (Wildman–Crippen MR) is 103 cm³/mol. The van der Waals surface area contributed by atoms with Crippen molar-refractivity contribution in [1.29, 1.82) is 0 Å². The highest BCUT2D eigenvalue weighted by Crippen LogP contribution is 2.31. The van der Waals surface area contributed by atoms with Gasteiger partial charge in [0.2, 0.25) is 0 Å². The van der Waals surface area contributed by atoms with E-state index in [4.69, 9.17) is 4.74 Å². The Balaban J connectivity index is 1.55. The summed E-state index contributed by atoms with van der Waals surface area (Å²) in [5.41, 5.74) is 0.968. The molecular weight excluding hydrogens is 348 g/mol. The molecule has 1 aromatic rings. The van der Waals surface area contributed by atoms with Crippen LogP contribution in [-0.4, -0.2) is 68.2 Å². The largest absolute Gasteiger partial charge is 0.379 e. The monoisotopic (exact) mass is 376 g/mol. The molecule has 0 atom stereocenters. The van der Waals surface area contributed by atoms with Gasteiger partial charge in [-0.25, -0.2) is 0 Å². The number of carbonyl (C=O) groups excluding carboxylic acids is 1. The van der Waals surface area contributed by atoms with Crippen molar-refractivity contribution in [3.8, 4) is 0 Å². The van der Waals surface area contributed by atoms with Crippen molar-refractivity contribution in [2.75, 3.05) is 57.4 Å². The molecule has 0 spiro atoms. The fourth-order valence-corrected chi connectivity index (χ4v) is 3.64. The average Bonchev–Trinajstić information content (AvgIpc) is 2.72. The van der Waals surface area contributed by atoms with Crippen LogP contribution in [-0.2, 0) is 4.74 Å². The van der Waals surface area contributed by atoms with Crippen LogP contribution in [0.4, 0.5) is 11.4 Å². The van der Waals surface area contributed by atoms with Crippen molar-refractivity contribution in [3.63, 3.8) is 0 Å². The maximum Gasteiger partial charge on any atom is 0.293 e. The molecule has 2 heterocycles. The van der Waals surface area contributed by atoms with Crippen LogP contribution in [0.3, 0.4) is 0 Å². The summed E-state index contributed by atoms with van der Waals surface area (Å²) < 4.78 is 5.32. The van der Waals surface area contributed by atoms with Crippen LogP contribution in [0.1, 0.15) is 36.0 Å². The molecule has 0 radical (unpaired) electrons. The Morgan fingerprint density at radius 1 is 1.15 bits per heavy atom. The summed E-state index contributed by atoms with van der Waals surface area (Å²) in [6.45, 7) is 6.51. The zero-order chi connectivity index (χ0) is 19.1. The Labute approximate surface area is 159 Å². The molecule has 2 fully saturated rings. The number of ether oxygens (including phenoxy) is 1. The molecule has 0 aliphatic carbocycles. The minimum absolute atomic E-state index is 0.0119. The van der Waals surface area contributed by atoms with Gasteiger partial charge in [0, 0.05) is 44.4 Å². The SMILES string of the molecule is O=C(NCCCN1CCOCC1)c1ccc(N2CCCCC2)c([N+](=O)[O-])c1. The number of morpholine rings is 1. The zero-order valence-corrected chi connectivity index (χ0v) is 15.7. The van der Waals surface area contributed by atoms with E-state index in [1.807, 2.05) is 4.90 Å². The van der Waals surface area contributed by atoms with E-state index in [-0.39, 0.29) is 16.5 Å². The van der Waals surface area contributed by atoms with Crippen LogP contribution in [0.5, 0.6) is 0 Å². The number of nitrogens with zero attached hydrogens (tertiary/aromatic N) is 3. The van der Waals surface area contributed by atoms with Crippen LogP contribution in [0.2, 0.25) is 0 Å². The third kappa shape index (κ3) is 5.40. The first-order valence-corrected chi connectivity index (χ1v) is 9.77. The standard InChI is InChI=1S/C19H28N4O4/c24-19(20-7-4-8-21-11-13-27-14-12-21)16-5-6-17(18(15-16)23(25)26)22-9-2-1-3-10-22/h5-6,15H,1-4,7-14H2,(H,20,24). The number of nitro groups is 1. The second kappa shape index (κ2) is 9.66. The molecule has 1 aromatic carbocycles. The van der Waals surface area contributed by atoms with Gasteiger partial charge in [-0.2, -0.15) is 0 Å². The fraction of sp³-hybridized carbons (Fsp3) is 0.632. The summed E-state index contributed by atoms with van der Waals surface area (Å²) in [4.78, 5) is 27.9. The minimum Gasteiger partial charge on any atom is -0.379 e. The van der Waals surface area contributed by atoms with Crippen molar-refractivity contribution < 1.29 is 14.5 Å². The molecule has 1 amide bonds. The molecule has 2 aliphatic rings. The van der Waals surface area contributed by atoms with Gasteiger partial charge < -0.3 is 15.0 Å². The smallest absolute Gasteiger partial charge is 0.293 e. The number of nitrogens with one attached hydrogen (secondary N) is 1. The normalized spacial score (nSPS) is 18.3. The average molecular weight is 376 g/mol. The van der Waals surface area contributed by atoms with Crippen molar-refractivity contribution in [2.45, 2.75) is 25.7 Å². The van der Waals surface area contributed by atoms with E-state index < -0.39 is 0 Å². The molecule has 27 heavy (non-hydrogen) atoms. The Morgan fingerprint density at radius 3 is 2.59 bits per heavy atom. The van der Waals surface area contributed by atoms with Crippen LogP contribution in [0.15, 0.2) is 18.2 Å². The summed E-state index contributed by atoms with van der Waals surface area (Å²) in [7, 11) is 0. The van der Waals surface area contributed by atoms with Gasteiger partial charge >= 0.3 is 0 Å². The Morgan fingerprint density at radius 2 is 1.89 bits per heavy atom. The highest BCUT2D eigenvalue weighted by Gasteiger charge is 2.23. The lowest BCUT2D eigenvalue weighted by Gasteiger charge is -2.28. The Kier molecular flexibility index (Phi) is 7.00. The van der Waals surface area contributed by atoms with Gasteiger partial charge in [-0.1, -0.05) is 0 Å². The molecule has 2 saturated heterocycles. The van der Waals surface area contributed by atoms with Crippen LogP contribution in [0, 0.1) is 10.1 Å². The summed E-state index contributed by atoms with van der Waals surface area (Å²) in [5, 5.41) is 14.4. The van der Waals surface area contributed by atoms with Crippen molar-refractivity contribution in [2.24, 2.45) is 0 Å². The van der Waals surface area contributed by atoms with Crippen LogP contribution < -0.4 is 10.2 Å². The lowest BCUT2D eigenvalue weighted by molar-refractivity contribution is -0.384. The first-order chi connectivity index (χ1) is 13.1. The van der Waals surface area contributed by atoms with Crippen molar-refractivity contribution in [1.82, 2.24) is 10.2 Å². The lowest BCUT2D eigenvalue weighted by Crippen LogP contribution is -2.38. The number of nitro benzene ring substituents is 1. The molecule has 2 aliphatic heterocycles. The summed E-state index contributed by atoms with van der Waals surface area (Å²) in [6.07, 6.45) is 4.10. The number of rotatable bonds is 7. The molecule has 0 bridgehead atoms. The first kappa shape index (κ1) is 19.6. The number of hydrogen-bond donors (Lipinski definition) is 1. The maximum absolute atomic E-state index is 12.4. The van der Waals surface area contributed by atoms with E-state index in [1.165, 1.54) is 6.07 Å². The Hall–Kier alpha value is -2.19. The number of piperidine rings is 1. The number of anilines is 1. The van der Waals surface area contributed by atoms with Gasteiger partial charge in [-0.15, -0.1) is 0 Å².